The van der Waals surface area contributed by atoms with Gasteiger partial charge in [0.15, 0.2) is 6.10 Å². The van der Waals surface area contributed by atoms with Crippen molar-refractivity contribution in [2.45, 2.75) is 37.4 Å². The molecule has 0 saturated heterocycles. The number of benzene rings is 2. The van der Waals surface area contributed by atoms with Gasteiger partial charge < -0.3 is 14.6 Å². The van der Waals surface area contributed by atoms with Crippen molar-refractivity contribution < 1.29 is 23.4 Å². The predicted octanol–water partition coefficient (Wildman–Crippen LogP) is 4.53. The van der Waals surface area contributed by atoms with E-state index >= 15 is 0 Å². The van der Waals surface area contributed by atoms with E-state index < -0.39 is 24.2 Å². The molecule has 0 amide bonds. The van der Waals surface area contributed by atoms with E-state index in [9.17, 15) is 13.9 Å². The van der Waals surface area contributed by atoms with Crippen LogP contribution in [0.3, 0.4) is 0 Å². The molecule has 0 spiro atoms. The van der Waals surface area contributed by atoms with Crippen molar-refractivity contribution in [2.75, 3.05) is 0 Å². The first-order chi connectivity index (χ1) is 13.0. The zero-order chi connectivity index (χ0) is 19.7. The summed E-state index contributed by atoms with van der Waals surface area (Å²) in [7, 11) is 0. The maximum Gasteiger partial charge on any atom is 0.294 e. The number of aliphatic hydroxyl groups is 1. The summed E-state index contributed by atoms with van der Waals surface area (Å²) in [5.41, 5.74) is 1.67. The fourth-order valence-corrected chi connectivity index (χ4v) is 2.54. The van der Waals surface area contributed by atoms with Gasteiger partial charge in [-0.3, -0.25) is 0 Å². The fraction of sp³-hybridized carbons (Fsp3) is 0.273. The highest BCUT2D eigenvalue weighted by Crippen LogP contribution is 2.27. The summed E-state index contributed by atoms with van der Waals surface area (Å²) in [6.45, 7) is 6.98. The van der Waals surface area contributed by atoms with Gasteiger partial charge in [-0.1, -0.05) is 73.3 Å². The third-order valence-corrected chi connectivity index (χ3v) is 4.10. The van der Waals surface area contributed by atoms with Crippen LogP contribution in [0.1, 0.15) is 11.1 Å². The maximum atomic E-state index is 14.0. The third kappa shape index (κ3) is 6.10. The molecule has 0 heterocycles. The van der Waals surface area contributed by atoms with Gasteiger partial charge >= 0.3 is 0 Å². The minimum atomic E-state index is -3.53. The number of ether oxygens (including phenoxy) is 2. The number of alkyl halides is 2. The molecule has 0 radical (unpaired) electrons. The van der Waals surface area contributed by atoms with Crippen LogP contribution in [0, 0.1) is 0 Å². The standard InChI is InChI=1S/C22H24F2O3/c1-3-19(26-15-17-11-7-5-8-12-17)20(21(25)22(23,24)4-2)27-16-18-13-9-6-10-14-18/h3-14,19-21,25H,1-2,15-16H2/t19-,20+,21-/m0/s1. The third-order valence-electron chi connectivity index (χ3n) is 4.10. The molecular formula is C22H24F2O3. The van der Waals surface area contributed by atoms with E-state index in [1.807, 2.05) is 60.7 Å². The Balaban J connectivity index is 2.14. The van der Waals surface area contributed by atoms with E-state index in [0.29, 0.717) is 6.08 Å². The number of aliphatic hydroxyl groups excluding tert-OH is 1. The van der Waals surface area contributed by atoms with Crippen LogP contribution in [0.25, 0.3) is 0 Å². The first-order valence-corrected chi connectivity index (χ1v) is 8.61. The molecule has 27 heavy (non-hydrogen) atoms. The van der Waals surface area contributed by atoms with Crippen LogP contribution in [0.15, 0.2) is 86.0 Å². The summed E-state index contributed by atoms with van der Waals surface area (Å²) in [5, 5.41) is 10.2. The smallest absolute Gasteiger partial charge is 0.294 e. The molecule has 0 aliphatic carbocycles. The van der Waals surface area contributed by atoms with Crippen LogP contribution in [-0.2, 0) is 22.7 Å². The van der Waals surface area contributed by atoms with Crippen molar-refractivity contribution in [2.24, 2.45) is 0 Å². The Morgan fingerprint density at radius 1 is 0.889 bits per heavy atom. The summed E-state index contributed by atoms with van der Waals surface area (Å²) in [5.74, 6) is -3.53. The van der Waals surface area contributed by atoms with Crippen LogP contribution >= 0.6 is 0 Å². The molecule has 0 aliphatic heterocycles. The molecule has 3 atom stereocenters. The molecule has 2 rings (SSSR count). The second kappa shape index (κ2) is 10.1. The Hall–Kier alpha value is -2.34. The molecule has 0 bridgehead atoms. The lowest BCUT2D eigenvalue weighted by Crippen LogP contribution is -2.49. The van der Waals surface area contributed by atoms with E-state index in [2.05, 4.69) is 13.2 Å². The highest BCUT2D eigenvalue weighted by Gasteiger charge is 2.44. The van der Waals surface area contributed by atoms with Gasteiger partial charge in [0.05, 0.1) is 13.2 Å². The number of rotatable bonds is 11. The first kappa shape index (κ1) is 21.0. The lowest BCUT2D eigenvalue weighted by Gasteiger charge is -2.32. The van der Waals surface area contributed by atoms with E-state index in [1.165, 1.54) is 6.08 Å². The fourth-order valence-electron chi connectivity index (χ4n) is 2.54. The largest absolute Gasteiger partial charge is 0.384 e. The first-order valence-electron chi connectivity index (χ1n) is 8.61. The Morgan fingerprint density at radius 2 is 1.37 bits per heavy atom. The van der Waals surface area contributed by atoms with Gasteiger partial charge in [-0.2, -0.15) is 8.78 Å². The lowest BCUT2D eigenvalue weighted by atomic mass is 10.0. The van der Waals surface area contributed by atoms with Crippen molar-refractivity contribution in [1.29, 1.82) is 0 Å². The van der Waals surface area contributed by atoms with Gasteiger partial charge in [-0.25, -0.2) is 0 Å². The molecule has 0 saturated carbocycles. The van der Waals surface area contributed by atoms with Gasteiger partial charge in [-0.15, -0.1) is 6.58 Å². The van der Waals surface area contributed by atoms with Crippen molar-refractivity contribution in [3.05, 3.63) is 97.1 Å². The number of halogens is 2. The normalized spacial score (nSPS) is 14.9. The Labute approximate surface area is 158 Å². The molecule has 2 aromatic carbocycles. The average Bonchev–Trinajstić information content (AvgIpc) is 2.71. The summed E-state index contributed by atoms with van der Waals surface area (Å²) in [4.78, 5) is 0. The molecule has 0 aliphatic rings. The van der Waals surface area contributed by atoms with Gasteiger partial charge in [0.1, 0.15) is 12.2 Å². The van der Waals surface area contributed by atoms with E-state index in [1.54, 1.807) is 0 Å². The molecule has 0 fully saturated rings. The topological polar surface area (TPSA) is 38.7 Å². The minimum Gasteiger partial charge on any atom is -0.384 e. The second-order valence-electron chi connectivity index (χ2n) is 6.08. The summed E-state index contributed by atoms with van der Waals surface area (Å²) < 4.78 is 39.5. The molecule has 5 heteroatoms. The zero-order valence-electron chi connectivity index (χ0n) is 15.0. The Bertz CT molecular complexity index is 704. The summed E-state index contributed by atoms with van der Waals surface area (Å²) >= 11 is 0. The second-order valence-corrected chi connectivity index (χ2v) is 6.08. The van der Waals surface area contributed by atoms with Gasteiger partial charge in [0, 0.05) is 0 Å². The quantitative estimate of drug-likeness (QED) is 0.588. The molecule has 0 unspecified atom stereocenters. The van der Waals surface area contributed by atoms with Crippen molar-refractivity contribution in [1.82, 2.24) is 0 Å². The van der Waals surface area contributed by atoms with Crippen LogP contribution in [0.4, 0.5) is 8.78 Å². The van der Waals surface area contributed by atoms with Crippen molar-refractivity contribution in [3.63, 3.8) is 0 Å². The average molecular weight is 374 g/mol. The van der Waals surface area contributed by atoms with E-state index in [0.717, 1.165) is 11.1 Å². The van der Waals surface area contributed by atoms with Gasteiger partial charge in [0.25, 0.3) is 5.92 Å². The highest BCUT2D eigenvalue weighted by molar-refractivity contribution is 5.15. The SMILES string of the molecule is C=C[C@H](OCc1ccccc1)[C@@H](OCc1ccccc1)[C@H](O)C(F)(F)C=C. The van der Waals surface area contributed by atoms with Crippen molar-refractivity contribution >= 4 is 0 Å². The summed E-state index contributed by atoms with van der Waals surface area (Å²) in [6.07, 6.45) is -2.61. The van der Waals surface area contributed by atoms with Crippen LogP contribution in [0.5, 0.6) is 0 Å². The van der Waals surface area contributed by atoms with Crippen molar-refractivity contribution in [3.8, 4) is 0 Å². The molecule has 1 N–H and O–H groups in total. The van der Waals surface area contributed by atoms with Crippen LogP contribution in [0.2, 0.25) is 0 Å². The Morgan fingerprint density at radius 3 is 1.81 bits per heavy atom. The van der Waals surface area contributed by atoms with Crippen LogP contribution < -0.4 is 0 Å². The monoisotopic (exact) mass is 374 g/mol. The molecule has 0 aromatic heterocycles. The molecule has 3 nitrogen and oxygen atoms in total. The number of hydrogen-bond acceptors (Lipinski definition) is 3. The number of hydrogen-bond donors (Lipinski definition) is 1. The van der Waals surface area contributed by atoms with E-state index in [4.69, 9.17) is 9.47 Å². The lowest BCUT2D eigenvalue weighted by molar-refractivity contribution is -0.177. The molecule has 144 valence electrons. The predicted molar refractivity (Wildman–Crippen MR) is 101 cm³/mol. The molecular weight excluding hydrogens is 350 g/mol. The zero-order valence-corrected chi connectivity index (χ0v) is 15.0. The maximum absolute atomic E-state index is 14.0. The van der Waals surface area contributed by atoms with Crippen LogP contribution in [-0.4, -0.2) is 29.3 Å². The van der Waals surface area contributed by atoms with Gasteiger partial charge in [0.2, 0.25) is 0 Å². The van der Waals surface area contributed by atoms with E-state index in [-0.39, 0.29) is 13.2 Å². The highest BCUT2D eigenvalue weighted by atomic mass is 19.3. The summed E-state index contributed by atoms with van der Waals surface area (Å²) in [6, 6.07) is 18.4. The minimum absolute atomic E-state index is 0.0504. The Kier molecular flexibility index (Phi) is 7.85. The van der Waals surface area contributed by atoms with Gasteiger partial charge in [-0.05, 0) is 17.2 Å². The molecule has 2 aromatic rings.